The monoisotopic (exact) mass is 358 g/mol. The van der Waals surface area contributed by atoms with Crippen molar-refractivity contribution in [2.75, 3.05) is 13.1 Å². The van der Waals surface area contributed by atoms with E-state index >= 15 is 0 Å². The van der Waals surface area contributed by atoms with Gasteiger partial charge in [-0.3, -0.25) is 10.00 Å². The fourth-order valence-electron chi connectivity index (χ4n) is 4.83. The number of aromatic amines is 1. The van der Waals surface area contributed by atoms with E-state index in [-0.39, 0.29) is 0 Å². The van der Waals surface area contributed by atoms with Crippen molar-refractivity contribution in [3.8, 4) is 0 Å². The van der Waals surface area contributed by atoms with E-state index in [1.807, 2.05) is 6.20 Å². The molecule has 2 aromatic heterocycles. The van der Waals surface area contributed by atoms with Gasteiger partial charge in [-0.1, -0.05) is 30.3 Å². The molecule has 1 fully saturated rings. The summed E-state index contributed by atoms with van der Waals surface area (Å²) in [7, 11) is 0. The second-order valence-corrected chi connectivity index (χ2v) is 7.66. The Labute approximate surface area is 159 Å². The average Bonchev–Trinajstić information content (AvgIpc) is 3.35. The average molecular weight is 358 g/mol. The van der Waals surface area contributed by atoms with Gasteiger partial charge in [-0.25, -0.2) is 0 Å². The lowest BCUT2D eigenvalue weighted by Gasteiger charge is -2.32. The van der Waals surface area contributed by atoms with Crippen LogP contribution in [-0.2, 0) is 13.1 Å². The third-order valence-electron chi connectivity index (χ3n) is 6.06. The third kappa shape index (κ3) is 2.85. The number of nitrogens with one attached hydrogen (secondary N) is 1. The van der Waals surface area contributed by atoms with Gasteiger partial charge >= 0.3 is 0 Å². The Hall–Kier alpha value is -2.59. The van der Waals surface area contributed by atoms with E-state index in [9.17, 15) is 0 Å². The zero-order valence-corrected chi connectivity index (χ0v) is 15.9. The van der Waals surface area contributed by atoms with Gasteiger partial charge in [0.05, 0.1) is 0 Å². The van der Waals surface area contributed by atoms with Crippen LogP contribution in [0.5, 0.6) is 0 Å². The van der Waals surface area contributed by atoms with Crippen LogP contribution in [0.3, 0.4) is 0 Å². The maximum Gasteiger partial charge on any atom is 0.0494 e. The first-order chi connectivity index (χ1) is 13.3. The first-order valence-electron chi connectivity index (χ1n) is 10.1. The van der Waals surface area contributed by atoms with Crippen molar-refractivity contribution in [3.05, 3.63) is 66.0 Å². The molecule has 138 valence electrons. The molecule has 4 heteroatoms. The van der Waals surface area contributed by atoms with Crippen LogP contribution in [0.2, 0.25) is 0 Å². The quantitative estimate of drug-likeness (QED) is 0.562. The highest BCUT2D eigenvalue weighted by molar-refractivity contribution is 6.09. The van der Waals surface area contributed by atoms with Crippen LogP contribution < -0.4 is 0 Å². The molecular formula is C23H26N4. The normalized spacial score (nSPS) is 18.5. The lowest BCUT2D eigenvalue weighted by Crippen LogP contribution is -2.34. The number of benzene rings is 2. The Morgan fingerprint density at radius 1 is 1.07 bits per heavy atom. The van der Waals surface area contributed by atoms with Gasteiger partial charge in [0.25, 0.3) is 0 Å². The maximum atomic E-state index is 4.15. The number of likely N-dealkylation sites (tertiary alicyclic amines) is 1. The molecule has 1 aliphatic heterocycles. The summed E-state index contributed by atoms with van der Waals surface area (Å²) >= 11 is 0. The molecule has 27 heavy (non-hydrogen) atoms. The number of rotatable bonds is 4. The molecule has 5 rings (SSSR count). The molecule has 1 N–H and O–H groups in total. The number of H-pyrrole nitrogens is 1. The summed E-state index contributed by atoms with van der Waals surface area (Å²) < 4.78 is 2.44. The van der Waals surface area contributed by atoms with Crippen LogP contribution in [0.1, 0.15) is 36.9 Å². The van der Waals surface area contributed by atoms with Crippen molar-refractivity contribution in [2.45, 2.75) is 38.8 Å². The van der Waals surface area contributed by atoms with Gasteiger partial charge in [0.2, 0.25) is 0 Å². The predicted octanol–water partition coefficient (Wildman–Crippen LogP) is 4.92. The van der Waals surface area contributed by atoms with Crippen LogP contribution in [-0.4, -0.2) is 32.8 Å². The van der Waals surface area contributed by atoms with Crippen molar-refractivity contribution >= 4 is 21.8 Å². The fraction of sp³-hybridized carbons (Fsp3) is 0.348. The number of fused-ring (bicyclic) bond motifs is 3. The van der Waals surface area contributed by atoms with E-state index in [0.717, 1.165) is 19.6 Å². The second-order valence-electron chi connectivity index (χ2n) is 7.66. The van der Waals surface area contributed by atoms with E-state index < -0.39 is 0 Å². The number of aromatic nitrogens is 3. The minimum Gasteiger partial charge on any atom is -0.341 e. The van der Waals surface area contributed by atoms with Crippen molar-refractivity contribution in [3.63, 3.8) is 0 Å². The van der Waals surface area contributed by atoms with Crippen LogP contribution in [0.15, 0.2) is 54.7 Å². The van der Waals surface area contributed by atoms with E-state index in [2.05, 4.69) is 75.1 Å². The number of para-hydroxylation sites is 1. The highest BCUT2D eigenvalue weighted by Gasteiger charge is 2.23. The van der Waals surface area contributed by atoms with E-state index in [4.69, 9.17) is 0 Å². The van der Waals surface area contributed by atoms with E-state index in [0.29, 0.717) is 5.92 Å². The molecule has 1 saturated heterocycles. The highest BCUT2D eigenvalue weighted by Crippen LogP contribution is 2.33. The SMILES string of the molecule is CCn1c2ccccc2c2c(CN3CCCC(c4ccn[nH]4)C3)cccc21. The second kappa shape index (κ2) is 6.86. The number of piperidine rings is 1. The van der Waals surface area contributed by atoms with E-state index in [1.54, 1.807) is 0 Å². The smallest absolute Gasteiger partial charge is 0.0494 e. The number of nitrogens with zero attached hydrogens (tertiary/aromatic N) is 3. The summed E-state index contributed by atoms with van der Waals surface area (Å²) in [6.45, 7) is 6.52. The molecular weight excluding hydrogens is 332 g/mol. The van der Waals surface area contributed by atoms with Crippen molar-refractivity contribution in [1.29, 1.82) is 0 Å². The summed E-state index contributed by atoms with van der Waals surface area (Å²) in [6, 6.07) is 17.8. The predicted molar refractivity (Wildman–Crippen MR) is 111 cm³/mol. The fourth-order valence-corrected chi connectivity index (χ4v) is 4.83. The summed E-state index contributed by atoms with van der Waals surface area (Å²) in [4.78, 5) is 2.61. The summed E-state index contributed by atoms with van der Waals surface area (Å²) in [5.41, 5.74) is 5.43. The van der Waals surface area contributed by atoms with Gasteiger partial charge in [-0.05, 0) is 50.1 Å². The lowest BCUT2D eigenvalue weighted by atomic mass is 9.94. The largest absolute Gasteiger partial charge is 0.341 e. The third-order valence-corrected chi connectivity index (χ3v) is 6.06. The molecule has 4 aromatic rings. The molecule has 0 spiro atoms. The number of hydrogen-bond acceptors (Lipinski definition) is 2. The first-order valence-corrected chi connectivity index (χ1v) is 10.1. The Balaban J connectivity index is 1.52. The van der Waals surface area contributed by atoms with Gasteiger partial charge in [0, 0.05) is 59.2 Å². The summed E-state index contributed by atoms with van der Waals surface area (Å²) in [5, 5.41) is 10.1. The summed E-state index contributed by atoms with van der Waals surface area (Å²) in [5.74, 6) is 0.567. The molecule has 3 heterocycles. The molecule has 0 aliphatic carbocycles. The zero-order valence-electron chi connectivity index (χ0n) is 15.9. The highest BCUT2D eigenvalue weighted by atomic mass is 15.1. The first kappa shape index (κ1) is 16.6. The Bertz CT molecular complexity index is 1060. The van der Waals surface area contributed by atoms with Crippen molar-refractivity contribution in [2.24, 2.45) is 0 Å². The molecule has 0 saturated carbocycles. The molecule has 1 aliphatic rings. The van der Waals surface area contributed by atoms with E-state index in [1.165, 1.54) is 52.4 Å². The van der Waals surface area contributed by atoms with Crippen molar-refractivity contribution < 1.29 is 0 Å². The molecule has 0 radical (unpaired) electrons. The standard InChI is InChI=1S/C23H26N4/c1-2-27-21-10-4-3-9-19(21)23-18(7-5-11-22(23)27)16-26-14-6-8-17(15-26)20-12-13-24-25-20/h3-5,7,9-13,17H,2,6,8,14-16H2,1H3,(H,24,25). The Morgan fingerprint density at radius 2 is 1.96 bits per heavy atom. The number of hydrogen-bond donors (Lipinski definition) is 1. The lowest BCUT2D eigenvalue weighted by molar-refractivity contribution is 0.199. The van der Waals surface area contributed by atoms with Crippen molar-refractivity contribution in [1.82, 2.24) is 19.7 Å². The summed E-state index contributed by atoms with van der Waals surface area (Å²) in [6.07, 6.45) is 4.36. The van der Waals surface area contributed by atoms with Gasteiger partial charge in [-0.15, -0.1) is 0 Å². The molecule has 1 atom stereocenters. The molecule has 0 bridgehead atoms. The van der Waals surface area contributed by atoms with Gasteiger partial charge in [-0.2, -0.15) is 5.10 Å². The van der Waals surface area contributed by atoms with Crippen LogP contribution in [0.25, 0.3) is 21.8 Å². The minimum atomic E-state index is 0.567. The molecule has 1 unspecified atom stereocenters. The van der Waals surface area contributed by atoms with Gasteiger partial charge < -0.3 is 4.57 Å². The van der Waals surface area contributed by atoms with Gasteiger partial charge in [0.1, 0.15) is 0 Å². The topological polar surface area (TPSA) is 36.9 Å². The van der Waals surface area contributed by atoms with Gasteiger partial charge in [0.15, 0.2) is 0 Å². The molecule has 0 amide bonds. The minimum absolute atomic E-state index is 0.567. The van der Waals surface area contributed by atoms with Crippen LogP contribution >= 0.6 is 0 Å². The number of aryl methyl sites for hydroxylation is 1. The Morgan fingerprint density at radius 3 is 2.81 bits per heavy atom. The molecule has 2 aromatic carbocycles. The molecule has 4 nitrogen and oxygen atoms in total. The zero-order chi connectivity index (χ0) is 18.2. The maximum absolute atomic E-state index is 4.15. The van der Waals surface area contributed by atoms with Crippen LogP contribution in [0, 0.1) is 0 Å². The Kier molecular flexibility index (Phi) is 4.21. The van der Waals surface area contributed by atoms with Crippen LogP contribution in [0.4, 0.5) is 0 Å².